The van der Waals surface area contributed by atoms with Crippen LogP contribution in [0.25, 0.3) is 0 Å². The summed E-state index contributed by atoms with van der Waals surface area (Å²) >= 11 is 0. The number of hydrogen-bond donors (Lipinski definition) is 0. The van der Waals surface area contributed by atoms with E-state index in [1.165, 1.54) is 0 Å². The standard InChI is InChI=1S/C12H13F6NO3Si/c1-21-10(20)8-6(11(13,14)15)5-7(22-23(2,3)4)19-9(8)12(16,17)18/h5H,1-4H3. The first-order chi connectivity index (χ1) is 10.2. The number of carbonyl (C=O) groups excluding carboxylic acids is 1. The molecule has 0 spiro atoms. The third-order valence-corrected chi connectivity index (χ3v) is 3.19. The summed E-state index contributed by atoms with van der Waals surface area (Å²) < 4.78 is 87.5. The number of nitrogens with zero attached hydrogens (tertiary/aromatic N) is 1. The van der Waals surface area contributed by atoms with E-state index < -0.39 is 49.3 Å². The van der Waals surface area contributed by atoms with Crippen molar-refractivity contribution in [3.63, 3.8) is 0 Å². The van der Waals surface area contributed by atoms with Crippen molar-refractivity contribution in [2.75, 3.05) is 7.11 Å². The average Bonchev–Trinajstić information content (AvgIpc) is 2.32. The van der Waals surface area contributed by atoms with Gasteiger partial charge in [0, 0.05) is 6.07 Å². The molecule has 130 valence electrons. The van der Waals surface area contributed by atoms with Crippen molar-refractivity contribution >= 4 is 14.3 Å². The Morgan fingerprint density at radius 3 is 1.96 bits per heavy atom. The van der Waals surface area contributed by atoms with Gasteiger partial charge in [0.15, 0.2) is 5.69 Å². The SMILES string of the molecule is COC(=O)c1c(C(F)(F)F)cc(O[Si](C)(C)C)nc1C(F)(F)F. The lowest BCUT2D eigenvalue weighted by molar-refractivity contribution is -0.146. The Balaban J connectivity index is 3.76. The normalized spacial score (nSPS) is 13.0. The first kappa shape index (κ1) is 19.3. The molecule has 0 saturated heterocycles. The van der Waals surface area contributed by atoms with Crippen LogP contribution in [0.5, 0.6) is 5.88 Å². The van der Waals surface area contributed by atoms with E-state index in [1.54, 1.807) is 19.6 Å². The van der Waals surface area contributed by atoms with Gasteiger partial charge in [-0.1, -0.05) is 0 Å². The molecule has 0 N–H and O–H groups in total. The first-order valence-corrected chi connectivity index (χ1v) is 9.54. The first-order valence-electron chi connectivity index (χ1n) is 6.13. The van der Waals surface area contributed by atoms with Crippen molar-refractivity contribution in [2.45, 2.75) is 32.0 Å². The number of methoxy groups -OCH3 is 1. The van der Waals surface area contributed by atoms with Crippen LogP contribution in [0.4, 0.5) is 26.3 Å². The van der Waals surface area contributed by atoms with Gasteiger partial charge in [0.2, 0.25) is 14.2 Å². The van der Waals surface area contributed by atoms with E-state index in [4.69, 9.17) is 4.43 Å². The molecule has 0 unspecified atom stereocenters. The van der Waals surface area contributed by atoms with Gasteiger partial charge in [-0.25, -0.2) is 9.78 Å². The van der Waals surface area contributed by atoms with E-state index >= 15 is 0 Å². The lowest BCUT2D eigenvalue weighted by Crippen LogP contribution is -2.31. The summed E-state index contributed by atoms with van der Waals surface area (Å²) in [6.45, 7) is 4.68. The second-order valence-electron chi connectivity index (χ2n) is 5.43. The minimum Gasteiger partial charge on any atom is -0.531 e. The quantitative estimate of drug-likeness (QED) is 0.462. The molecule has 1 aromatic rings. The fourth-order valence-corrected chi connectivity index (χ4v) is 2.36. The predicted octanol–water partition coefficient (Wildman–Crippen LogP) is 4.12. The Hall–Kier alpha value is -1.78. The summed E-state index contributed by atoms with van der Waals surface area (Å²) in [5.41, 5.74) is -5.48. The van der Waals surface area contributed by atoms with Crippen LogP contribution < -0.4 is 4.43 Å². The maximum absolute atomic E-state index is 13.1. The molecule has 0 radical (unpaired) electrons. The summed E-state index contributed by atoms with van der Waals surface area (Å²) in [6, 6.07) is 0.278. The van der Waals surface area contributed by atoms with Crippen molar-refractivity contribution in [3.8, 4) is 5.88 Å². The van der Waals surface area contributed by atoms with Crippen LogP contribution >= 0.6 is 0 Å². The number of esters is 1. The van der Waals surface area contributed by atoms with E-state index in [-0.39, 0.29) is 6.07 Å². The van der Waals surface area contributed by atoms with Crippen molar-refractivity contribution in [2.24, 2.45) is 0 Å². The maximum Gasteiger partial charge on any atom is 0.434 e. The third kappa shape index (κ3) is 4.84. The molecule has 0 saturated carbocycles. The highest BCUT2D eigenvalue weighted by Crippen LogP contribution is 2.40. The fourth-order valence-electron chi connectivity index (χ4n) is 1.62. The molecule has 0 aliphatic heterocycles. The molecular weight excluding hydrogens is 348 g/mol. The number of carbonyl (C=O) groups is 1. The largest absolute Gasteiger partial charge is 0.531 e. The second-order valence-corrected chi connectivity index (χ2v) is 9.86. The van der Waals surface area contributed by atoms with Crippen molar-refractivity contribution in [1.82, 2.24) is 4.98 Å². The van der Waals surface area contributed by atoms with Gasteiger partial charge in [-0.15, -0.1) is 0 Å². The summed E-state index contributed by atoms with van der Waals surface area (Å²) in [7, 11) is -1.85. The van der Waals surface area contributed by atoms with Crippen LogP contribution in [-0.2, 0) is 17.1 Å². The summed E-state index contributed by atoms with van der Waals surface area (Å²) in [5.74, 6) is -2.62. The minimum absolute atomic E-state index is 0.278. The van der Waals surface area contributed by atoms with E-state index in [0.29, 0.717) is 7.11 Å². The lowest BCUT2D eigenvalue weighted by atomic mass is 10.1. The van der Waals surface area contributed by atoms with Crippen LogP contribution in [0, 0.1) is 0 Å². The van der Waals surface area contributed by atoms with Crippen LogP contribution in [-0.4, -0.2) is 26.4 Å². The van der Waals surface area contributed by atoms with E-state index in [2.05, 4.69) is 9.72 Å². The maximum atomic E-state index is 13.1. The topological polar surface area (TPSA) is 48.4 Å². The van der Waals surface area contributed by atoms with Crippen molar-refractivity contribution in [1.29, 1.82) is 0 Å². The van der Waals surface area contributed by atoms with Crippen LogP contribution in [0.2, 0.25) is 19.6 Å². The Bertz CT molecular complexity index is 571. The lowest BCUT2D eigenvalue weighted by Gasteiger charge is -2.22. The Labute approximate surface area is 128 Å². The Kier molecular flexibility index (Phi) is 5.04. The molecule has 11 heteroatoms. The van der Waals surface area contributed by atoms with Gasteiger partial charge in [0.25, 0.3) is 0 Å². The summed E-state index contributed by atoms with van der Waals surface area (Å²) in [6.07, 6.45) is -10.5. The Morgan fingerprint density at radius 1 is 1.09 bits per heavy atom. The zero-order valence-electron chi connectivity index (χ0n) is 12.5. The van der Waals surface area contributed by atoms with Gasteiger partial charge in [0.05, 0.1) is 12.7 Å². The van der Waals surface area contributed by atoms with Gasteiger partial charge < -0.3 is 9.16 Å². The van der Waals surface area contributed by atoms with Crippen LogP contribution in [0.15, 0.2) is 6.07 Å². The zero-order valence-corrected chi connectivity index (χ0v) is 13.5. The molecule has 0 aromatic carbocycles. The van der Waals surface area contributed by atoms with Crippen molar-refractivity contribution < 1.29 is 40.3 Å². The molecule has 4 nitrogen and oxygen atoms in total. The van der Waals surface area contributed by atoms with E-state index in [0.717, 1.165) is 0 Å². The van der Waals surface area contributed by atoms with Gasteiger partial charge in [-0.2, -0.15) is 26.3 Å². The highest BCUT2D eigenvalue weighted by molar-refractivity contribution is 6.70. The van der Waals surface area contributed by atoms with E-state index in [9.17, 15) is 31.1 Å². The molecule has 0 atom stereocenters. The zero-order chi connectivity index (χ0) is 18.2. The van der Waals surface area contributed by atoms with E-state index in [1.807, 2.05) is 0 Å². The monoisotopic (exact) mass is 361 g/mol. The summed E-state index contributed by atoms with van der Waals surface area (Å²) in [5, 5.41) is 0. The van der Waals surface area contributed by atoms with Crippen LogP contribution in [0.1, 0.15) is 21.6 Å². The molecule has 23 heavy (non-hydrogen) atoms. The molecule has 1 rings (SSSR count). The number of hydrogen-bond acceptors (Lipinski definition) is 4. The predicted molar refractivity (Wildman–Crippen MR) is 69.6 cm³/mol. The number of pyridine rings is 1. The smallest absolute Gasteiger partial charge is 0.434 e. The number of aromatic nitrogens is 1. The van der Waals surface area contributed by atoms with Crippen LogP contribution in [0.3, 0.4) is 0 Å². The van der Waals surface area contributed by atoms with Gasteiger partial charge in [-0.05, 0) is 19.6 Å². The highest BCUT2D eigenvalue weighted by atomic mass is 28.4. The molecule has 1 heterocycles. The minimum atomic E-state index is -5.29. The molecule has 0 fully saturated rings. The Morgan fingerprint density at radius 2 is 1.61 bits per heavy atom. The molecule has 0 bridgehead atoms. The number of alkyl halides is 6. The number of ether oxygens (including phenoxy) is 1. The second kappa shape index (κ2) is 6.02. The number of rotatable bonds is 3. The third-order valence-electron chi connectivity index (χ3n) is 2.37. The summed E-state index contributed by atoms with van der Waals surface area (Å²) in [4.78, 5) is 14.5. The molecular formula is C12H13F6NO3Si. The van der Waals surface area contributed by atoms with Gasteiger partial charge in [0.1, 0.15) is 5.56 Å². The molecule has 0 aliphatic rings. The highest BCUT2D eigenvalue weighted by Gasteiger charge is 2.46. The number of halogens is 6. The molecule has 1 aromatic heterocycles. The molecule has 0 amide bonds. The van der Waals surface area contributed by atoms with Crippen molar-refractivity contribution in [3.05, 3.63) is 22.9 Å². The fraction of sp³-hybridized carbons (Fsp3) is 0.500. The van der Waals surface area contributed by atoms with Gasteiger partial charge >= 0.3 is 18.3 Å². The molecule has 0 aliphatic carbocycles. The average molecular weight is 361 g/mol. The van der Waals surface area contributed by atoms with Gasteiger partial charge in [-0.3, -0.25) is 0 Å².